The molecule has 0 unspecified atom stereocenters. The zero-order valence-electron chi connectivity index (χ0n) is 25.3. The minimum Gasteiger partial charge on any atom is -0.491 e. The maximum Gasteiger partial charge on any atom is 0.358 e. The van der Waals surface area contributed by atoms with Gasteiger partial charge in [-0.15, -0.1) is 21.5 Å². The number of ether oxygens (including phenoxy) is 2. The summed E-state index contributed by atoms with van der Waals surface area (Å²) in [4.78, 5) is 24.5. The van der Waals surface area contributed by atoms with E-state index in [0.29, 0.717) is 41.7 Å². The summed E-state index contributed by atoms with van der Waals surface area (Å²) in [5, 5.41) is 16.3. The quantitative estimate of drug-likeness (QED) is 0.0916. The Bertz CT molecular complexity index is 1830. The highest BCUT2D eigenvalue weighted by Crippen LogP contribution is 2.33. The molecular weight excluding hydrogens is 614 g/mol. The molecule has 3 aromatic heterocycles. The van der Waals surface area contributed by atoms with Gasteiger partial charge in [-0.2, -0.15) is 0 Å². The fourth-order valence-corrected chi connectivity index (χ4v) is 6.16. The number of hydrogen-bond acceptors (Lipinski definition) is 12. The minimum atomic E-state index is -0.497. The molecule has 5 rings (SSSR count). The van der Waals surface area contributed by atoms with Crippen LogP contribution in [0.4, 0.5) is 26.3 Å². The summed E-state index contributed by atoms with van der Waals surface area (Å²) in [6.07, 6.45) is 1.02. The topological polar surface area (TPSA) is 114 Å². The Morgan fingerprint density at radius 3 is 2.71 bits per heavy atom. The highest BCUT2D eigenvalue weighted by atomic mass is 32.1. The number of para-hydroxylation sites is 1. The van der Waals surface area contributed by atoms with Gasteiger partial charge in [0.05, 0.1) is 30.0 Å². The van der Waals surface area contributed by atoms with Crippen molar-refractivity contribution < 1.29 is 18.7 Å². The van der Waals surface area contributed by atoms with E-state index in [1.165, 1.54) is 17.4 Å². The third kappa shape index (κ3) is 7.91. The zero-order chi connectivity index (χ0) is 31.8. The highest BCUT2D eigenvalue weighted by molar-refractivity contribution is 7.22. The van der Waals surface area contributed by atoms with E-state index in [1.54, 1.807) is 42.3 Å². The lowest BCUT2D eigenvalue weighted by Crippen LogP contribution is -2.14. The number of carbonyl (C=O) groups is 1. The molecule has 5 aromatic rings. The number of aryl methyl sites for hydroxylation is 2. The first-order chi connectivity index (χ1) is 21.9. The van der Waals surface area contributed by atoms with Crippen molar-refractivity contribution in [2.24, 2.45) is 0 Å². The standard InChI is InChI=1S/C32H32FN7O3S2/c1-5-42-30(41)28-26(13-9-17-43-24-15-14-21(19-22(24)33)10-8-16-34-3)45-32(36-28)40(4)27-18-20(2)29(39-38-27)37-31-35-23-11-6-7-12-25(23)44-31/h6-7,11-12,14-15,18-19,34H,5,9,13,16-17H2,1-4H3,(H,35,37,39). The molecule has 0 fully saturated rings. The van der Waals surface area contributed by atoms with Crippen LogP contribution in [0.25, 0.3) is 10.2 Å². The second-order valence-electron chi connectivity index (χ2n) is 9.82. The molecule has 0 bridgehead atoms. The molecule has 0 spiro atoms. The Morgan fingerprint density at radius 2 is 1.96 bits per heavy atom. The van der Waals surface area contributed by atoms with Crippen molar-refractivity contribution in [3.8, 4) is 17.6 Å². The van der Waals surface area contributed by atoms with Gasteiger partial charge >= 0.3 is 5.97 Å². The van der Waals surface area contributed by atoms with E-state index in [4.69, 9.17) is 9.47 Å². The highest BCUT2D eigenvalue weighted by Gasteiger charge is 2.22. The molecule has 0 aliphatic carbocycles. The molecule has 0 saturated carbocycles. The summed E-state index contributed by atoms with van der Waals surface area (Å²) < 4.78 is 26.6. The van der Waals surface area contributed by atoms with Crippen LogP contribution in [0, 0.1) is 24.6 Å². The molecule has 2 aromatic carbocycles. The predicted octanol–water partition coefficient (Wildman–Crippen LogP) is 6.26. The average Bonchev–Trinajstić information content (AvgIpc) is 3.65. The Hall–Kier alpha value is -4.64. The Kier molecular flexibility index (Phi) is 10.5. The van der Waals surface area contributed by atoms with Gasteiger partial charge in [0, 0.05) is 17.5 Å². The molecular formula is C32H32FN7O3S2. The lowest BCUT2D eigenvalue weighted by Gasteiger charge is -2.15. The first-order valence-corrected chi connectivity index (χ1v) is 15.9. The molecule has 0 aliphatic heterocycles. The van der Waals surface area contributed by atoms with Crippen molar-refractivity contribution in [3.63, 3.8) is 0 Å². The van der Waals surface area contributed by atoms with Crippen molar-refractivity contribution in [3.05, 3.63) is 76.0 Å². The normalized spacial score (nSPS) is 10.8. The van der Waals surface area contributed by atoms with Crippen molar-refractivity contribution in [2.75, 3.05) is 44.1 Å². The van der Waals surface area contributed by atoms with Gasteiger partial charge in [0.1, 0.15) is 0 Å². The number of rotatable bonds is 12. The molecule has 0 amide bonds. The van der Waals surface area contributed by atoms with Crippen molar-refractivity contribution in [1.29, 1.82) is 0 Å². The van der Waals surface area contributed by atoms with Crippen LogP contribution < -0.4 is 20.3 Å². The maximum atomic E-state index is 14.5. The molecule has 45 heavy (non-hydrogen) atoms. The van der Waals surface area contributed by atoms with Crippen molar-refractivity contribution in [2.45, 2.75) is 26.7 Å². The number of hydrogen-bond donors (Lipinski definition) is 2. The van der Waals surface area contributed by atoms with Crippen LogP contribution in [0.5, 0.6) is 5.75 Å². The van der Waals surface area contributed by atoms with Gasteiger partial charge in [-0.05, 0) is 75.7 Å². The zero-order valence-corrected chi connectivity index (χ0v) is 26.9. The van der Waals surface area contributed by atoms with E-state index in [2.05, 4.69) is 42.6 Å². The molecule has 10 nitrogen and oxygen atoms in total. The van der Waals surface area contributed by atoms with E-state index in [-0.39, 0.29) is 24.7 Å². The predicted molar refractivity (Wildman–Crippen MR) is 177 cm³/mol. The van der Waals surface area contributed by atoms with Gasteiger partial charge < -0.3 is 25.0 Å². The van der Waals surface area contributed by atoms with E-state index in [0.717, 1.165) is 25.8 Å². The van der Waals surface area contributed by atoms with Crippen LogP contribution in [0.1, 0.15) is 39.8 Å². The largest absolute Gasteiger partial charge is 0.491 e. The molecule has 0 aliphatic rings. The van der Waals surface area contributed by atoms with Gasteiger partial charge in [-0.25, -0.2) is 19.2 Å². The van der Waals surface area contributed by atoms with Crippen LogP contribution in [-0.4, -0.2) is 60.0 Å². The molecule has 232 valence electrons. The summed E-state index contributed by atoms with van der Waals surface area (Å²) in [7, 11) is 3.62. The smallest absolute Gasteiger partial charge is 0.358 e. The molecule has 0 saturated heterocycles. The third-order valence-corrected chi connectivity index (χ3v) is 8.66. The SMILES string of the molecule is CCOC(=O)c1nc(N(C)c2cc(C)c(Nc3nc4ccccc4s3)nn2)sc1CCCOc1ccc(C#CCNC)cc1F. The number of aromatic nitrogens is 4. The second-order valence-corrected chi connectivity index (χ2v) is 11.9. The summed E-state index contributed by atoms with van der Waals surface area (Å²) in [5.41, 5.74) is 2.62. The number of benzene rings is 2. The molecule has 3 heterocycles. The van der Waals surface area contributed by atoms with Gasteiger partial charge in [0.2, 0.25) is 0 Å². The Balaban J connectivity index is 1.25. The van der Waals surface area contributed by atoms with Crippen molar-refractivity contribution in [1.82, 2.24) is 25.5 Å². The number of carbonyl (C=O) groups excluding carboxylic acids is 1. The van der Waals surface area contributed by atoms with Crippen LogP contribution in [0.3, 0.4) is 0 Å². The first kappa shape index (κ1) is 31.8. The van der Waals surface area contributed by atoms with E-state index >= 15 is 0 Å². The number of nitrogens with one attached hydrogen (secondary N) is 2. The number of halogens is 1. The number of esters is 1. The molecule has 13 heteroatoms. The Labute approximate surface area is 268 Å². The van der Waals surface area contributed by atoms with Gasteiger partial charge in [0.15, 0.2) is 39.2 Å². The second kappa shape index (κ2) is 14.9. The molecule has 0 atom stereocenters. The number of fused-ring (bicyclic) bond motifs is 1. The molecule has 0 radical (unpaired) electrons. The number of thiazole rings is 2. The minimum absolute atomic E-state index is 0.152. The molecule has 2 N–H and O–H groups in total. The summed E-state index contributed by atoms with van der Waals surface area (Å²) in [6.45, 7) is 4.69. The average molecular weight is 646 g/mol. The van der Waals surface area contributed by atoms with Crippen LogP contribution in [0.2, 0.25) is 0 Å². The fourth-order valence-electron chi connectivity index (χ4n) is 4.24. The van der Waals surface area contributed by atoms with Crippen molar-refractivity contribution >= 4 is 60.8 Å². The number of anilines is 4. The van der Waals surface area contributed by atoms with Crippen LogP contribution in [0.15, 0.2) is 48.5 Å². The van der Waals surface area contributed by atoms with Crippen LogP contribution in [-0.2, 0) is 11.2 Å². The fraction of sp³-hybridized carbons (Fsp3) is 0.281. The Morgan fingerprint density at radius 1 is 1.11 bits per heavy atom. The third-order valence-electron chi connectivity index (χ3n) is 6.51. The van der Waals surface area contributed by atoms with E-state index < -0.39 is 11.8 Å². The number of nitrogens with zero attached hydrogens (tertiary/aromatic N) is 5. The summed E-state index contributed by atoms with van der Waals surface area (Å²) >= 11 is 2.91. The van der Waals surface area contributed by atoms with E-state index in [9.17, 15) is 9.18 Å². The van der Waals surface area contributed by atoms with Gasteiger partial charge in [-0.1, -0.05) is 35.3 Å². The first-order valence-electron chi connectivity index (χ1n) is 14.3. The van der Waals surface area contributed by atoms with Crippen LogP contribution >= 0.6 is 22.7 Å². The lowest BCUT2D eigenvalue weighted by atomic mass is 10.2. The maximum absolute atomic E-state index is 14.5. The van der Waals surface area contributed by atoms with E-state index in [1.807, 2.05) is 44.3 Å². The lowest BCUT2D eigenvalue weighted by molar-refractivity contribution is 0.0519. The van der Waals surface area contributed by atoms with Gasteiger partial charge in [0.25, 0.3) is 0 Å². The monoisotopic (exact) mass is 645 g/mol. The van der Waals surface area contributed by atoms with Gasteiger partial charge in [-0.3, -0.25) is 0 Å². The summed E-state index contributed by atoms with van der Waals surface area (Å²) in [5.74, 6) is 6.15. The summed E-state index contributed by atoms with van der Waals surface area (Å²) in [6, 6.07) is 14.5.